The van der Waals surface area contributed by atoms with E-state index in [4.69, 9.17) is 0 Å². The molecule has 0 unspecified atom stereocenters. The Hall–Kier alpha value is -2.89. The number of rotatable bonds is 3. The lowest BCUT2D eigenvalue weighted by Gasteiger charge is -2.26. The number of carbonyl (C=O) groups is 2. The zero-order valence-corrected chi connectivity index (χ0v) is 14.5. The van der Waals surface area contributed by atoms with Crippen LogP contribution in [0.3, 0.4) is 0 Å². The lowest BCUT2D eigenvalue weighted by atomic mass is 10.1. The van der Waals surface area contributed by atoms with Crippen molar-refractivity contribution in [1.82, 2.24) is 9.88 Å². The molecule has 1 aliphatic heterocycles. The van der Waals surface area contributed by atoms with Gasteiger partial charge in [-0.2, -0.15) is 0 Å². The first-order chi connectivity index (χ1) is 12.1. The molecule has 0 bridgehead atoms. The van der Waals surface area contributed by atoms with E-state index < -0.39 is 0 Å². The summed E-state index contributed by atoms with van der Waals surface area (Å²) in [6.07, 6.45) is 5.43. The third kappa shape index (κ3) is 3.79. The molecule has 1 aromatic heterocycles. The second-order valence-electron chi connectivity index (χ2n) is 6.22. The minimum absolute atomic E-state index is 0.0711. The highest BCUT2D eigenvalue weighted by Crippen LogP contribution is 2.32. The first-order valence-corrected chi connectivity index (χ1v) is 8.41. The number of aromatic nitrogens is 1. The molecule has 6 nitrogen and oxygen atoms in total. The summed E-state index contributed by atoms with van der Waals surface area (Å²) in [5.74, 6) is -0.135. The molecular formula is C19H22N4O2. The van der Waals surface area contributed by atoms with Crippen LogP contribution in [0.4, 0.5) is 16.2 Å². The fourth-order valence-corrected chi connectivity index (χ4v) is 3.23. The van der Waals surface area contributed by atoms with Crippen LogP contribution in [0.5, 0.6) is 0 Å². The van der Waals surface area contributed by atoms with Crippen molar-refractivity contribution in [2.45, 2.75) is 32.7 Å². The number of pyridine rings is 1. The number of anilines is 2. The number of likely N-dealkylation sites (tertiary alicyclic amines) is 1. The molecule has 3 rings (SSSR count). The first kappa shape index (κ1) is 17.0. The molecule has 0 saturated carbocycles. The Labute approximate surface area is 147 Å². The number of nitrogens with zero attached hydrogens (tertiary/aromatic N) is 2. The predicted octanol–water partition coefficient (Wildman–Crippen LogP) is 3.72. The smallest absolute Gasteiger partial charge is 0.322 e. The Morgan fingerprint density at radius 2 is 1.80 bits per heavy atom. The lowest BCUT2D eigenvalue weighted by molar-refractivity contribution is -0.114. The van der Waals surface area contributed by atoms with E-state index in [1.165, 1.54) is 6.92 Å². The number of urea groups is 1. The van der Waals surface area contributed by atoms with Crippen molar-refractivity contribution < 1.29 is 9.59 Å². The van der Waals surface area contributed by atoms with Crippen molar-refractivity contribution in [3.63, 3.8) is 0 Å². The highest BCUT2D eigenvalue weighted by Gasteiger charge is 2.30. The Morgan fingerprint density at radius 3 is 2.48 bits per heavy atom. The third-order valence-electron chi connectivity index (χ3n) is 4.49. The van der Waals surface area contributed by atoms with Gasteiger partial charge in [0.15, 0.2) is 0 Å². The Morgan fingerprint density at radius 1 is 1.12 bits per heavy atom. The molecule has 1 fully saturated rings. The van der Waals surface area contributed by atoms with Gasteiger partial charge in [-0.05, 0) is 55.2 Å². The predicted molar refractivity (Wildman–Crippen MR) is 97.4 cm³/mol. The minimum Gasteiger partial charge on any atom is -0.326 e. The topological polar surface area (TPSA) is 74.3 Å². The zero-order valence-electron chi connectivity index (χ0n) is 14.5. The molecule has 1 aliphatic rings. The highest BCUT2D eigenvalue weighted by molar-refractivity contribution is 5.94. The van der Waals surface area contributed by atoms with Crippen LogP contribution in [0.2, 0.25) is 0 Å². The van der Waals surface area contributed by atoms with E-state index in [1.807, 2.05) is 42.2 Å². The average Bonchev–Trinajstić information content (AvgIpc) is 3.09. The molecule has 2 aromatic rings. The molecule has 2 N–H and O–H groups in total. The van der Waals surface area contributed by atoms with Crippen LogP contribution in [0.15, 0.2) is 42.7 Å². The van der Waals surface area contributed by atoms with E-state index in [-0.39, 0.29) is 18.0 Å². The van der Waals surface area contributed by atoms with Crippen LogP contribution >= 0.6 is 0 Å². The second-order valence-corrected chi connectivity index (χ2v) is 6.22. The summed E-state index contributed by atoms with van der Waals surface area (Å²) in [6, 6.07) is 9.35. The maximum Gasteiger partial charge on any atom is 0.322 e. The van der Waals surface area contributed by atoms with Gasteiger partial charge in [0, 0.05) is 37.2 Å². The van der Waals surface area contributed by atoms with Crippen molar-refractivity contribution in [2.24, 2.45) is 0 Å². The Balaban J connectivity index is 1.77. The largest absolute Gasteiger partial charge is 0.326 e. The standard InChI is InChI=1S/C19H22N4O2/c1-13-16(21-14(2)24)5-3-6-17(13)22-19(25)23-12-4-7-18(23)15-8-10-20-11-9-15/h3,5-6,8-11,18H,4,7,12H2,1-2H3,(H,21,24)(H,22,25)/t18-/m1/s1. The maximum atomic E-state index is 12.8. The van der Waals surface area contributed by atoms with Gasteiger partial charge in [-0.15, -0.1) is 0 Å². The second kappa shape index (κ2) is 7.34. The van der Waals surface area contributed by atoms with Crippen molar-refractivity contribution in [1.29, 1.82) is 0 Å². The quantitative estimate of drug-likeness (QED) is 0.896. The molecule has 6 heteroatoms. The third-order valence-corrected chi connectivity index (χ3v) is 4.49. The van der Waals surface area contributed by atoms with Crippen molar-refractivity contribution >= 4 is 23.3 Å². The number of amides is 3. The van der Waals surface area contributed by atoms with Crippen LogP contribution in [0.1, 0.15) is 36.9 Å². The molecular weight excluding hydrogens is 316 g/mol. The van der Waals surface area contributed by atoms with E-state index in [2.05, 4.69) is 15.6 Å². The molecule has 2 heterocycles. The number of hydrogen-bond acceptors (Lipinski definition) is 3. The van der Waals surface area contributed by atoms with Crippen LogP contribution < -0.4 is 10.6 Å². The summed E-state index contributed by atoms with van der Waals surface area (Å²) in [5.41, 5.74) is 3.35. The van der Waals surface area contributed by atoms with E-state index in [0.29, 0.717) is 11.4 Å². The SMILES string of the molecule is CC(=O)Nc1cccc(NC(=O)N2CCC[C@@H]2c2ccncc2)c1C. The summed E-state index contributed by atoms with van der Waals surface area (Å²) in [6.45, 7) is 4.07. The summed E-state index contributed by atoms with van der Waals surface area (Å²) >= 11 is 0. The van der Waals surface area contributed by atoms with Crippen LogP contribution in [-0.4, -0.2) is 28.4 Å². The van der Waals surface area contributed by atoms with Crippen LogP contribution in [0.25, 0.3) is 0 Å². The molecule has 130 valence electrons. The van der Waals surface area contributed by atoms with Gasteiger partial charge >= 0.3 is 6.03 Å². The van der Waals surface area contributed by atoms with E-state index in [0.717, 1.165) is 30.5 Å². The molecule has 25 heavy (non-hydrogen) atoms. The van der Waals surface area contributed by atoms with Gasteiger partial charge in [0.25, 0.3) is 0 Å². The molecule has 1 aromatic carbocycles. The van der Waals surface area contributed by atoms with Crippen LogP contribution in [0, 0.1) is 6.92 Å². The molecule has 1 saturated heterocycles. The molecule has 3 amide bonds. The fourth-order valence-electron chi connectivity index (χ4n) is 3.23. The van der Waals surface area contributed by atoms with E-state index in [1.54, 1.807) is 12.4 Å². The number of nitrogens with one attached hydrogen (secondary N) is 2. The lowest BCUT2D eigenvalue weighted by Crippen LogP contribution is -2.34. The van der Waals surface area contributed by atoms with Crippen molar-refractivity contribution in [3.05, 3.63) is 53.9 Å². The number of hydrogen-bond donors (Lipinski definition) is 2. The number of carbonyl (C=O) groups excluding carboxylic acids is 2. The van der Waals surface area contributed by atoms with E-state index >= 15 is 0 Å². The highest BCUT2D eigenvalue weighted by atomic mass is 16.2. The molecule has 1 atom stereocenters. The zero-order chi connectivity index (χ0) is 17.8. The van der Waals surface area contributed by atoms with Crippen LogP contribution in [-0.2, 0) is 4.79 Å². The molecule has 0 spiro atoms. The summed E-state index contributed by atoms with van der Waals surface area (Å²) in [5, 5.41) is 5.77. The van der Waals surface area contributed by atoms with E-state index in [9.17, 15) is 9.59 Å². The van der Waals surface area contributed by atoms with Gasteiger partial charge in [-0.25, -0.2) is 4.79 Å². The van der Waals surface area contributed by atoms with Gasteiger partial charge < -0.3 is 15.5 Å². The summed E-state index contributed by atoms with van der Waals surface area (Å²) < 4.78 is 0. The van der Waals surface area contributed by atoms with Gasteiger partial charge in [0.05, 0.1) is 6.04 Å². The molecule has 0 radical (unpaired) electrons. The summed E-state index contributed by atoms with van der Waals surface area (Å²) in [4.78, 5) is 30.0. The first-order valence-electron chi connectivity index (χ1n) is 8.41. The Bertz CT molecular complexity index is 776. The van der Waals surface area contributed by atoms with Gasteiger partial charge in [0.2, 0.25) is 5.91 Å². The van der Waals surface area contributed by atoms with Crippen molar-refractivity contribution in [2.75, 3.05) is 17.2 Å². The average molecular weight is 338 g/mol. The summed E-state index contributed by atoms with van der Waals surface area (Å²) in [7, 11) is 0. The number of benzene rings is 1. The van der Waals surface area contributed by atoms with Gasteiger partial charge in [-0.1, -0.05) is 6.07 Å². The normalized spacial score (nSPS) is 16.6. The Kier molecular flexibility index (Phi) is 4.97. The molecule has 0 aliphatic carbocycles. The monoisotopic (exact) mass is 338 g/mol. The van der Waals surface area contributed by atoms with Gasteiger partial charge in [0.1, 0.15) is 0 Å². The minimum atomic E-state index is -0.135. The maximum absolute atomic E-state index is 12.8. The fraction of sp³-hybridized carbons (Fsp3) is 0.316. The van der Waals surface area contributed by atoms with Gasteiger partial charge in [-0.3, -0.25) is 9.78 Å². The van der Waals surface area contributed by atoms with Crippen molar-refractivity contribution in [3.8, 4) is 0 Å².